The summed E-state index contributed by atoms with van der Waals surface area (Å²) < 4.78 is 10.6. The maximum atomic E-state index is 13.2. The molecule has 0 spiro atoms. The number of aliphatic hydroxyl groups is 1. The second-order valence-corrected chi connectivity index (χ2v) is 10.1. The van der Waals surface area contributed by atoms with Crippen molar-refractivity contribution in [1.82, 2.24) is 14.7 Å². The fourth-order valence-electron chi connectivity index (χ4n) is 4.50. The highest BCUT2D eigenvalue weighted by Gasteiger charge is 2.49. The number of hydrogen-bond acceptors (Lipinski definition) is 6. The van der Waals surface area contributed by atoms with E-state index in [-0.39, 0.29) is 30.6 Å². The van der Waals surface area contributed by atoms with E-state index in [1.54, 1.807) is 25.7 Å². The molecule has 0 unspecified atom stereocenters. The lowest BCUT2D eigenvalue weighted by molar-refractivity contribution is -0.141. The first-order valence-electron chi connectivity index (χ1n) is 11.3. The van der Waals surface area contributed by atoms with Gasteiger partial charge >= 0.3 is 6.09 Å². The molecule has 3 fully saturated rings. The topological polar surface area (TPSA) is 103 Å². The van der Waals surface area contributed by atoms with Crippen LogP contribution < -0.4 is 0 Å². The first-order valence-corrected chi connectivity index (χ1v) is 11.3. The third-order valence-electron chi connectivity index (χ3n) is 6.01. The van der Waals surface area contributed by atoms with Gasteiger partial charge < -0.3 is 29.5 Å². The molecule has 0 aromatic heterocycles. The summed E-state index contributed by atoms with van der Waals surface area (Å²) in [5.41, 5.74) is -0.690. The molecule has 0 bridgehead atoms. The van der Waals surface area contributed by atoms with Crippen LogP contribution in [0.4, 0.5) is 4.79 Å². The van der Waals surface area contributed by atoms with E-state index >= 15 is 0 Å². The number of morpholine rings is 1. The van der Waals surface area contributed by atoms with Gasteiger partial charge in [0.15, 0.2) is 0 Å². The SMILES string of the molecule is CC(C)C[C@@H](C(=O)N1CC[C@H]2OC[C@H](O)[C@H]21)N(C(=O)O)C(C)(C)C.CN1CCOCC1. The van der Waals surface area contributed by atoms with Gasteiger partial charge in [0.25, 0.3) is 0 Å². The maximum Gasteiger partial charge on any atom is 0.408 e. The quantitative estimate of drug-likeness (QED) is 0.679. The Hall–Kier alpha value is -1.42. The largest absolute Gasteiger partial charge is 0.465 e. The minimum Gasteiger partial charge on any atom is -0.465 e. The maximum absolute atomic E-state index is 13.2. The molecule has 0 radical (unpaired) electrons. The Balaban J connectivity index is 0.000000412. The number of ether oxygens (including phenoxy) is 2. The second-order valence-electron chi connectivity index (χ2n) is 10.1. The van der Waals surface area contributed by atoms with E-state index in [4.69, 9.17) is 9.47 Å². The summed E-state index contributed by atoms with van der Waals surface area (Å²) in [4.78, 5) is 30.2. The summed E-state index contributed by atoms with van der Waals surface area (Å²) >= 11 is 0. The van der Waals surface area contributed by atoms with Crippen molar-refractivity contribution in [1.29, 1.82) is 0 Å². The van der Waals surface area contributed by atoms with Gasteiger partial charge in [0.1, 0.15) is 12.1 Å². The second kappa shape index (κ2) is 10.9. The van der Waals surface area contributed by atoms with Crippen LogP contribution in [0.3, 0.4) is 0 Å². The number of rotatable bonds is 4. The van der Waals surface area contributed by atoms with Crippen LogP contribution in [0.1, 0.15) is 47.5 Å². The first-order chi connectivity index (χ1) is 14.4. The highest BCUT2D eigenvalue weighted by atomic mass is 16.5. The molecule has 0 aromatic carbocycles. The molecule has 9 heteroatoms. The summed E-state index contributed by atoms with van der Waals surface area (Å²) in [5.74, 6) is -0.0515. The number of aliphatic hydroxyl groups excluding tert-OH is 1. The molecule has 3 heterocycles. The average molecular weight is 444 g/mol. The Bertz CT molecular complexity index is 603. The van der Waals surface area contributed by atoms with Crippen LogP contribution in [0.2, 0.25) is 0 Å². The first kappa shape index (κ1) is 25.8. The summed E-state index contributed by atoms with van der Waals surface area (Å²) in [6.45, 7) is 14.1. The Kier molecular flexibility index (Phi) is 9.12. The molecule has 31 heavy (non-hydrogen) atoms. The van der Waals surface area contributed by atoms with E-state index in [1.807, 2.05) is 13.8 Å². The molecule has 0 aromatic rings. The van der Waals surface area contributed by atoms with Crippen molar-refractivity contribution in [3.8, 4) is 0 Å². The van der Waals surface area contributed by atoms with Gasteiger partial charge in [-0.1, -0.05) is 13.8 Å². The molecular weight excluding hydrogens is 402 g/mol. The van der Waals surface area contributed by atoms with Crippen LogP contribution in [0, 0.1) is 5.92 Å². The standard InChI is InChI=1S/C17H30N2O5.C5H11NO/c1-10(2)8-11(19(16(22)23)17(3,4)5)15(21)18-7-6-13-14(18)12(20)9-24-13;1-6-2-4-7-5-3-6/h10-14,20H,6-9H2,1-5H3,(H,22,23);2-5H2,1H3/t11-,12-,13+,14+;/m0./s1. The van der Waals surface area contributed by atoms with Gasteiger partial charge in [0.05, 0.1) is 32.0 Å². The predicted molar refractivity (Wildman–Crippen MR) is 117 cm³/mol. The van der Waals surface area contributed by atoms with Gasteiger partial charge in [-0.2, -0.15) is 0 Å². The van der Waals surface area contributed by atoms with Gasteiger partial charge in [0.2, 0.25) is 5.91 Å². The fraction of sp³-hybridized carbons (Fsp3) is 0.909. The molecule has 2 N–H and O–H groups in total. The molecule has 3 aliphatic rings. The van der Waals surface area contributed by atoms with Crippen molar-refractivity contribution in [2.45, 2.75) is 77.3 Å². The van der Waals surface area contributed by atoms with Gasteiger partial charge in [-0.15, -0.1) is 0 Å². The lowest BCUT2D eigenvalue weighted by Crippen LogP contribution is -2.59. The molecule has 2 amide bonds. The van der Waals surface area contributed by atoms with Gasteiger partial charge in [-0.3, -0.25) is 9.69 Å². The van der Waals surface area contributed by atoms with Crippen molar-refractivity contribution in [2.24, 2.45) is 5.92 Å². The van der Waals surface area contributed by atoms with E-state index in [9.17, 15) is 19.8 Å². The Morgan fingerprint density at radius 1 is 1.16 bits per heavy atom. The van der Waals surface area contributed by atoms with Gasteiger partial charge in [-0.25, -0.2) is 4.79 Å². The molecular formula is C22H41N3O6. The highest BCUT2D eigenvalue weighted by molar-refractivity contribution is 5.86. The number of carbonyl (C=O) groups excluding carboxylic acids is 1. The third kappa shape index (κ3) is 6.78. The Morgan fingerprint density at radius 3 is 2.23 bits per heavy atom. The number of amides is 2. The molecule has 3 aliphatic heterocycles. The van der Waals surface area contributed by atoms with Gasteiger partial charge in [-0.05, 0) is 46.6 Å². The molecule has 0 aliphatic carbocycles. The average Bonchev–Trinajstić information content (AvgIpc) is 3.23. The predicted octanol–water partition coefficient (Wildman–Crippen LogP) is 1.49. The minimum absolute atomic E-state index is 0.142. The van der Waals surface area contributed by atoms with E-state index in [0.717, 1.165) is 26.3 Å². The van der Waals surface area contributed by atoms with Crippen molar-refractivity contribution in [3.05, 3.63) is 0 Å². The van der Waals surface area contributed by atoms with Crippen molar-refractivity contribution < 1.29 is 29.3 Å². The molecule has 3 rings (SSSR count). The van der Waals surface area contributed by atoms with Gasteiger partial charge in [0, 0.05) is 25.2 Å². The third-order valence-corrected chi connectivity index (χ3v) is 6.01. The minimum atomic E-state index is -1.10. The van der Waals surface area contributed by atoms with Crippen LogP contribution in [0.5, 0.6) is 0 Å². The van der Waals surface area contributed by atoms with Crippen molar-refractivity contribution >= 4 is 12.0 Å². The number of hydrogen-bond donors (Lipinski definition) is 2. The summed E-state index contributed by atoms with van der Waals surface area (Å²) in [5, 5.41) is 19.8. The van der Waals surface area contributed by atoms with E-state index in [0.29, 0.717) is 19.4 Å². The normalized spacial score (nSPS) is 27.5. The smallest absolute Gasteiger partial charge is 0.408 e. The Labute approximate surface area is 186 Å². The van der Waals surface area contributed by atoms with Crippen LogP contribution >= 0.6 is 0 Å². The zero-order valence-electron chi connectivity index (χ0n) is 19.9. The Morgan fingerprint density at radius 2 is 1.77 bits per heavy atom. The van der Waals surface area contributed by atoms with E-state index < -0.39 is 23.8 Å². The zero-order valence-corrected chi connectivity index (χ0v) is 19.9. The monoisotopic (exact) mass is 443 g/mol. The molecule has 4 atom stereocenters. The van der Waals surface area contributed by atoms with Crippen LogP contribution in [-0.4, -0.2) is 113 Å². The van der Waals surface area contributed by atoms with Crippen molar-refractivity contribution in [3.63, 3.8) is 0 Å². The summed E-state index contributed by atoms with van der Waals surface area (Å²) in [6.07, 6.45) is -0.802. The van der Waals surface area contributed by atoms with Crippen LogP contribution in [0.25, 0.3) is 0 Å². The lowest BCUT2D eigenvalue weighted by Gasteiger charge is -2.41. The number of likely N-dealkylation sites (tertiary alicyclic amines) is 1. The van der Waals surface area contributed by atoms with Crippen LogP contribution in [-0.2, 0) is 14.3 Å². The molecule has 3 saturated heterocycles. The van der Waals surface area contributed by atoms with E-state index in [2.05, 4.69) is 11.9 Å². The molecule has 0 saturated carbocycles. The number of nitrogens with zero attached hydrogens (tertiary/aromatic N) is 3. The van der Waals surface area contributed by atoms with Crippen LogP contribution in [0.15, 0.2) is 0 Å². The fourth-order valence-corrected chi connectivity index (χ4v) is 4.50. The lowest BCUT2D eigenvalue weighted by atomic mass is 9.95. The summed E-state index contributed by atoms with van der Waals surface area (Å²) in [6, 6.07) is -1.11. The summed E-state index contributed by atoms with van der Waals surface area (Å²) in [7, 11) is 2.11. The highest BCUT2D eigenvalue weighted by Crippen LogP contribution is 2.32. The zero-order chi connectivity index (χ0) is 23.3. The number of fused-ring (bicyclic) bond motifs is 1. The molecule has 180 valence electrons. The van der Waals surface area contributed by atoms with Crippen molar-refractivity contribution in [2.75, 3.05) is 46.5 Å². The molecule has 9 nitrogen and oxygen atoms in total. The number of carboxylic acid groups (broad SMARTS) is 1. The number of carbonyl (C=O) groups is 2. The van der Waals surface area contributed by atoms with E-state index in [1.165, 1.54) is 4.90 Å². The number of likely N-dealkylation sites (N-methyl/N-ethyl adjacent to an activating group) is 1.